The first-order chi connectivity index (χ1) is 12.4. The van der Waals surface area contributed by atoms with E-state index in [1.165, 1.54) is 0 Å². The Bertz CT molecular complexity index is 737. The van der Waals surface area contributed by atoms with Crippen LogP contribution in [0.1, 0.15) is 43.4 Å². The topological polar surface area (TPSA) is 49.3 Å². The van der Waals surface area contributed by atoms with E-state index in [-0.39, 0.29) is 30.5 Å². The van der Waals surface area contributed by atoms with Crippen molar-refractivity contribution in [2.75, 3.05) is 0 Å². The Morgan fingerprint density at radius 1 is 1.15 bits per heavy atom. The lowest BCUT2D eigenvalue weighted by Crippen LogP contribution is -2.33. The molecular weight excluding hydrogens is 343 g/mol. The first kappa shape index (κ1) is 20.0. The van der Waals surface area contributed by atoms with E-state index in [0.717, 1.165) is 11.6 Å². The van der Waals surface area contributed by atoms with Crippen molar-refractivity contribution in [2.45, 2.75) is 44.7 Å². The van der Waals surface area contributed by atoms with Gasteiger partial charge < -0.3 is 10.4 Å². The summed E-state index contributed by atoms with van der Waals surface area (Å²) in [5.41, 5.74) is 0.994. The van der Waals surface area contributed by atoms with Gasteiger partial charge in [-0.25, -0.2) is 13.2 Å². The maximum Gasteiger partial charge on any atom is 0.304 e. The molecule has 2 N–H and O–H groups in total. The van der Waals surface area contributed by atoms with Crippen LogP contribution in [0.5, 0.6) is 0 Å². The third-order valence-electron chi connectivity index (χ3n) is 4.27. The number of carboxylic acid groups (broad SMARTS) is 1. The van der Waals surface area contributed by atoms with Crippen LogP contribution in [-0.4, -0.2) is 17.1 Å². The quantitative estimate of drug-likeness (QED) is 0.638. The molecule has 0 radical (unpaired) electrons. The van der Waals surface area contributed by atoms with Crippen LogP contribution in [0.3, 0.4) is 0 Å². The summed E-state index contributed by atoms with van der Waals surface area (Å²) in [4.78, 5) is 11.1. The van der Waals surface area contributed by atoms with E-state index in [2.05, 4.69) is 5.32 Å². The molecule has 0 aliphatic heterocycles. The molecule has 140 valence electrons. The zero-order valence-electron chi connectivity index (χ0n) is 14.5. The highest BCUT2D eigenvalue weighted by molar-refractivity contribution is 5.67. The van der Waals surface area contributed by atoms with Gasteiger partial charge in [0.15, 0.2) is 11.6 Å². The molecule has 1 unspecified atom stereocenters. The van der Waals surface area contributed by atoms with Gasteiger partial charge in [0.2, 0.25) is 0 Å². The molecule has 26 heavy (non-hydrogen) atoms. The van der Waals surface area contributed by atoms with Crippen molar-refractivity contribution in [1.82, 2.24) is 5.32 Å². The lowest BCUT2D eigenvalue weighted by molar-refractivity contribution is -0.137. The predicted molar refractivity (Wildman–Crippen MR) is 93.3 cm³/mol. The van der Waals surface area contributed by atoms with Crippen molar-refractivity contribution >= 4 is 5.97 Å². The average molecular weight is 365 g/mol. The van der Waals surface area contributed by atoms with Gasteiger partial charge in [-0.15, -0.1) is 0 Å². The van der Waals surface area contributed by atoms with Gasteiger partial charge in [-0.05, 0) is 43.4 Å². The third kappa shape index (κ3) is 5.88. The normalized spacial score (nSPS) is 13.4. The number of halogens is 3. The van der Waals surface area contributed by atoms with Crippen LogP contribution in [0.4, 0.5) is 13.2 Å². The average Bonchev–Trinajstić information content (AvgIpc) is 2.59. The summed E-state index contributed by atoms with van der Waals surface area (Å²) in [6.45, 7) is 1.94. The van der Waals surface area contributed by atoms with Crippen LogP contribution in [-0.2, 0) is 11.2 Å². The fourth-order valence-electron chi connectivity index (χ4n) is 2.98. The van der Waals surface area contributed by atoms with Crippen molar-refractivity contribution in [3.63, 3.8) is 0 Å². The first-order valence-corrected chi connectivity index (χ1v) is 8.53. The number of carboxylic acids is 1. The summed E-state index contributed by atoms with van der Waals surface area (Å²) in [5, 5.41) is 12.4. The Hall–Kier alpha value is -2.34. The molecule has 0 spiro atoms. The Balaban J connectivity index is 1.97. The molecule has 0 aliphatic carbocycles. The van der Waals surface area contributed by atoms with Gasteiger partial charge in [-0.2, -0.15) is 0 Å². The Labute approximate surface area is 150 Å². The molecule has 2 rings (SSSR count). The van der Waals surface area contributed by atoms with Gasteiger partial charge in [0.05, 0.1) is 6.42 Å². The largest absolute Gasteiger partial charge is 0.481 e. The summed E-state index contributed by atoms with van der Waals surface area (Å²) in [5.74, 6) is -4.02. The van der Waals surface area contributed by atoms with Gasteiger partial charge >= 0.3 is 5.97 Å². The minimum absolute atomic E-state index is 0.0346. The fraction of sp³-hybridized carbons (Fsp3) is 0.350. The molecule has 0 bridgehead atoms. The van der Waals surface area contributed by atoms with Crippen LogP contribution in [0, 0.1) is 17.5 Å². The Morgan fingerprint density at radius 3 is 2.50 bits per heavy atom. The van der Waals surface area contributed by atoms with E-state index in [9.17, 15) is 18.0 Å². The zero-order chi connectivity index (χ0) is 19.1. The van der Waals surface area contributed by atoms with Crippen molar-refractivity contribution in [3.8, 4) is 0 Å². The number of aryl methyl sites for hydroxylation is 1. The second-order valence-corrected chi connectivity index (χ2v) is 6.35. The molecule has 0 heterocycles. The molecule has 6 heteroatoms. The van der Waals surface area contributed by atoms with E-state index < -0.39 is 23.4 Å². The highest BCUT2D eigenvalue weighted by Crippen LogP contribution is 2.19. The highest BCUT2D eigenvalue weighted by atomic mass is 19.2. The fourth-order valence-corrected chi connectivity index (χ4v) is 2.98. The second kappa shape index (κ2) is 9.38. The molecule has 0 saturated carbocycles. The number of aliphatic carboxylic acids is 1. The maximum absolute atomic E-state index is 13.7. The van der Waals surface area contributed by atoms with E-state index in [4.69, 9.17) is 5.11 Å². The van der Waals surface area contributed by atoms with E-state index in [1.807, 2.05) is 37.3 Å². The van der Waals surface area contributed by atoms with Gasteiger partial charge in [0.25, 0.3) is 0 Å². The van der Waals surface area contributed by atoms with Crippen LogP contribution in [0.25, 0.3) is 0 Å². The summed E-state index contributed by atoms with van der Waals surface area (Å²) < 4.78 is 40.2. The lowest BCUT2D eigenvalue weighted by Gasteiger charge is -2.22. The number of rotatable bonds is 9. The van der Waals surface area contributed by atoms with Crippen LogP contribution in [0.15, 0.2) is 42.5 Å². The van der Waals surface area contributed by atoms with Gasteiger partial charge in [-0.3, -0.25) is 4.79 Å². The van der Waals surface area contributed by atoms with Crippen LogP contribution < -0.4 is 5.32 Å². The van der Waals surface area contributed by atoms with E-state index >= 15 is 0 Å². The minimum atomic E-state index is -1.21. The van der Waals surface area contributed by atoms with Crippen LogP contribution in [0.2, 0.25) is 0 Å². The molecular formula is C20H22F3NO2. The number of carbonyl (C=O) groups is 1. The molecule has 2 aromatic carbocycles. The molecule has 2 aromatic rings. The van der Waals surface area contributed by atoms with Gasteiger partial charge in [-0.1, -0.05) is 30.3 Å². The van der Waals surface area contributed by atoms with Crippen molar-refractivity contribution in [2.24, 2.45) is 0 Å². The van der Waals surface area contributed by atoms with Gasteiger partial charge in [0, 0.05) is 18.2 Å². The lowest BCUT2D eigenvalue weighted by atomic mass is 10.00. The summed E-state index contributed by atoms with van der Waals surface area (Å²) >= 11 is 0. The number of hydrogen-bond donors (Lipinski definition) is 2. The predicted octanol–water partition coefficient (Wildman–Crippen LogP) is 4.62. The van der Waals surface area contributed by atoms with Gasteiger partial charge in [0.1, 0.15) is 5.82 Å². The molecule has 2 atom stereocenters. The number of hydrogen-bond acceptors (Lipinski definition) is 2. The Kier molecular flexibility index (Phi) is 7.21. The first-order valence-electron chi connectivity index (χ1n) is 8.53. The minimum Gasteiger partial charge on any atom is -0.481 e. The maximum atomic E-state index is 13.7. The summed E-state index contributed by atoms with van der Waals surface area (Å²) in [6, 6.07) is 10.7. The SMILES string of the molecule is C[C@@H](NC(CCCc1cc(F)cc(F)c1F)CC(=O)O)c1ccccc1. The number of nitrogens with one attached hydrogen (secondary N) is 1. The monoisotopic (exact) mass is 365 g/mol. The number of benzene rings is 2. The molecule has 0 saturated heterocycles. The van der Waals surface area contributed by atoms with E-state index in [0.29, 0.717) is 18.9 Å². The molecule has 0 fully saturated rings. The van der Waals surface area contributed by atoms with Crippen molar-refractivity contribution in [1.29, 1.82) is 0 Å². The second-order valence-electron chi connectivity index (χ2n) is 6.35. The van der Waals surface area contributed by atoms with Crippen LogP contribution >= 0.6 is 0 Å². The standard InChI is InChI=1S/C20H22F3NO2/c1-13(14-6-3-2-4-7-14)24-17(12-19(25)26)9-5-8-15-10-16(21)11-18(22)20(15)23/h2-4,6-7,10-11,13,17,24H,5,8-9,12H2,1H3,(H,25,26)/t13-,17?/m1/s1. The molecule has 0 aliphatic rings. The van der Waals surface area contributed by atoms with Crippen molar-refractivity contribution in [3.05, 3.63) is 71.0 Å². The smallest absolute Gasteiger partial charge is 0.304 e. The van der Waals surface area contributed by atoms with Crippen molar-refractivity contribution < 1.29 is 23.1 Å². The molecule has 0 aromatic heterocycles. The Morgan fingerprint density at radius 2 is 1.85 bits per heavy atom. The molecule has 0 amide bonds. The zero-order valence-corrected chi connectivity index (χ0v) is 14.5. The van der Waals surface area contributed by atoms with E-state index in [1.54, 1.807) is 0 Å². The third-order valence-corrected chi connectivity index (χ3v) is 4.27. The summed E-state index contributed by atoms with van der Waals surface area (Å²) in [7, 11) is 0. The molecule has 3 nitrogen and oxygen atoms in total. The highest BCUT2D eigenvalue weighted by Gasteiger charge is 2.17. The summed E-state index contributed by atoms with van der Waals surface area (Å²) in [6.07, 6.45) is 0.905.